The summed E-state index contributed by atoms with van der Waals surface area (Å²) in [5.41, 5.74) is 3.14. The lowest BCUT2D eigenvalue weighted by atomic mass is 10.4. The van der Waals surface area contributed by atoms with Gasteiger partial charge in [0.1, 0.15) is 6.73 Å². The minimum Gasteiger partial charge on any atom is -0.368 e. The molecule has 0 saturated carbocycles. The van der Waals surface area contributed by atoms with Gasteiger partial charge in [-0.2, -0.15) is 0 Å². The standard InChI is InChI=1S/C6H14N2O/c1-9-6-7-8-4-2-3-5-8/h7H,2-6H2,1H3. The van der Waals surface area contributed by atoms with E-state index in [1.165, 1.54) is 25.9 Å². The minimum absolute atomic E-state index is 0.639. The second kappa shape index (κ2) is 3.82. The molecule has 1 aliphatic heterocycles. The molecule has 0 aromatic carbocycles. The van der Waals surface area contributed by atoms with Crippen LogP contribution in [0.3, 0.4) is 0 Å². The molecule has 0 atom stereocenters. The van der Waals surface area contributed by atoms with Crippen LogP contribution in [0.1, 0.15) is 12.8 Å². The van der Waals surface area contributed by atoms with Gasteiger partial charge in [-0.25, -0.2) is 10.4 Å². The number of nitrogens with zero attached hydrogens (tertiary/aromatic N) is 1. The van der Waals surface area contributed by atoms with Crippen molar-refractivity contribution in [2.75, 3.05) is 26.9 Å². The lowest BCUT2D eigenvalue weighted by Crippen LogP contribution is -2.36. The summed E-state index contributed by atoms with van der Waals surface area (Å²) < 4.78 is 4.85. The molecule has 1 fully saturated rings. The molecule has 0 spiro atoms. The number of nitrogens with one attached hydrogen (secondary N) is 1. The van der Waals surface area contributed by atoms with Crippen molar-refractivity contribution < 1.29 is 4.74 Å². The normalized spacial score (nSPS) is 21.0. The summed E-state index contributed by atoms with van der Waals surface area (Å²) in [7, 11) is 1.70. The summed E-state index contributed by atoms with van der Waals surface area (Å²) in [6, 6.07) is 0. The van der Waals surface area contributed by atoms with Crippen molar-refractivity contribution in [1.82, 2.24) is 10.4 Å². The van der Waals surface area contributed by atoms with Crippen molar-refractivity contribution >= 4 is 0 Å². The van der Waals surface area contributed by atoms with Crippen molar-refractivity contribution in [3.8, 4) is 0 Å². The van der Waals surface area contributed by atoms with Gasteiger partial charge in [-0.3, -0.25) is 0 Å². The van der Waals surface area contributed by atoms with Crippen LogP contribution in [0.5, 0.6) is 0 Å². The third-order valence-corrected chi connectivity index (χ3v) is 1.54. The van der Waals surface area contributed by atoms with Crippen molar-refractivity contribution in [3.05, 3.63) is 0 Å². The zero-order chi connectivity index (χ0) is 6.53. The van der Waals surface area contributed by atoms with Gasteiger partial charge in [0.2, 0.25) is 0 Å². The highest BCUT2D eigenvalue weighted by Gasteiger charge is 2.08. The van der Waals surface area contributed by atoms with Crippen LogP contribution in [0.25, 0.3) is 0 Å². The zero-order valence-electron chi connectivity index (χ0n) is 5.89. The Morgan fingerprint density at radius 1 is 1.44 bits per heavy atom. The number of hydrogen-bond acceptors (Lipinski definition) is 3. The predicted octanol–water partition coefficient (Wildman–Crippen LogP) is 0.191. The van der Waals surface area contributed by atoms with E-state index in [4.69, 9.17) is 4.74 Å². The van der Waals surface area contributed by atoms with Crippen molar-refractivity contribution in [3.63, 3.8) is 0 Å². The Kier molecular flexibility index (Phi) is 2.97. The Hall–Kier alpha value is -0.120. The highest BCUT2D eigenvalue weighted by atomic mass is 16.5. The molecule has 54 valence electrons. The summed E-state index contributed by atoms with van der Waals surface area (Å²) in [6.07, 6.45) is 2.63. The summed E-state index contributed by atoms with van der Waals surface area (Å²) >= 11 is 0. The average Bonchev–Trinajstić information content (AvgIpc) is 2.34. The number of hydrogen-bond donors (Lipinski definition) is 1. The fourth-order valence-electron chi connectivity index (χ4n) is 1.03. The third-order valence-electron chi connectivity index (χ3n) is 1.54. The first kappa shape index (κ1) is 6.99. The SMILES string of the molecule is COCNN1CCCC1. The molecule has 0 amide bonds. The van der Waals surface area contributed by atoms with Crippen molar-refractivity contribution in [2.24, 2.45) is 0 Å². The van der Waals surface area contributed by atoms with Crippen LogP contribution < -0.4 is 5.43 Å². The smallest absolute Gasteiger partial charge is 0.109 e. The molecule has 3 nitrogen and oxygen atoms in total. The van der Waals surface area contributed by atoms with E-state index in [1.807, 2.05) is 0 Å². The molecular formula is C6H14N2O. The van der Waals surface area contributed by atoms with Crippen LogP contribution >= 0.6 is 0 Å². The highest BCUT2D eigenvalue weighted by molar-refractivity contribution is 4.59. The maximum Gasteiger partial charge on any atom is 0.109 e. The second-order valence-electron chi connectivity index (χ2n) is 2.29. The fraction of sp³-hybridized carbons (Fsp3) is 1.00. The molecule has 0 aromatic heterocycles. The van der Waals surface area contributed by atoms with E-state index in [-0.39, 0.29) is 0 Å². The van der Waals surface area contributed by atoms with Gasteiger partial charge >= 0.3 is 0 Å². The van der Waals surface area contributed by atoms with Crippen LogP contribution in [0, 0.1) is 0 Å². The largest absolute Gasteiger partial charge is 0.368 e. The van der Waals surface area contributed by atoms with Gasteiger partial charge < -0.3 is 4.74 Å². The fourth-order valence-corrected chi connectivity index (χ4v) is 1.03. The van der Waals surface area contributed by atoms with Gasteiger partial charge in [0.25, 0.3) is 0 Å². The second-order valence-corrected chi connectivity index (χ2v) is 2.29. The first-order chi connectivity index (χ1) is 4.43. The summed E-state index contributed by atoms with van der Waals surface area (Å²) in [5, 5.41) is 2.20. The Morgan fingerprint density at radius 3 is 2.67 bits per heavy atom. The molecule has 1 rings (SSSR count). The van der Waals surface area contributed by atoms with E-state index < -0.39 is 0 Å². The molecule has 1 N–H and O–H groups in total. The Balaban J connectivity index is 1.98. The Bertz CT molecular complexity index is 71.5. The van der Waals surface area contributed by atoms with E-state index in [0.29, 0.717) is 6.73 Å². The minimum atomic E-state index is 0.639. The van der Waals surface area contributed by atoms with E-state index in [1.54, 1.807) is 7.11 Å². The van der Waals surface area contributed by atoms with Gasteiger partial charge in [-0.15, -0.1) is 0 Å². The molecule has 0 unspecified atom stereocenters. The summed E-state index contributed by atoms with van der Waals surface area (Å²) in [5.74, 6) is 0. The molecule has 0 radical (unpaired) electrons. The maximum absolute atomic E-state index is 4.85. The van der Waals surface area contributed by atoms with Crippen LogP contribution in [0.2, 0.25) is 0 Å². The van der Waals surface area contributed by atoms with Crippen LogP contribution in [-0.4, -0.2) is 31.9 Å². The van der Waals surface area contributed by atoms with Crippen molar-refractivity contribution in [2.45, 2.75) is 12.8 Å². The van der Waals surface area contributed by atoms with Gasteiger partial charge in [-0.1, -0.05) is 0 Å². The van der Waals surface area contributed by atoms with Gasteiger partial charge in [0.15, 0.2) is 0 Å². The Morgan fingerprint density at radius 2 is 2.11 bits per heavy atom. The molecule has 1 aliphatic rings. The molecular weight excluding hydrogens is 116 g/mol. The van der Waals surface area contributed by atoms with E-state index in [2.05, 4.69) is 10.4 Å². The highest BCUT2D eigenvalue weighted by Crippen LogP contribution is 2.02. The quantitative estimate of drug-likeness (QED) is 0.552. The van der Waals surface area contributed by atoms with Crippen LogP contribution in [-0.2, 0) is 4.74 Å². The molecule has 9 heavy (non-hydrogen) atoms. The number of methoxy groups -OCH3 is 1. The number of rotatable bonds is 3. The topological polar surface area (TPSA) is 24.5 Å². The van der Waals surface area contributed by atoms with Crippen LogP contribution in [0.4, 0.5) is 0 Å². The lowest BCUT2D eigenvalue weighted by Gasteiger charge is -2.14. The van der Waals surface area contributed by atoms with Gasteiger partial charge in [-0.05, 0) is 12.8 Å². The number of hydrazine groups is 1. The zero-order valence-corrected chi connectivity index (χ0v) is 5.89. The average molecular weight is 130 g/mol. The Labute approximate surface area is 56.0 Å². The van der Waals surface area contributed by atoms with E-state index in [0.717, 1.165) is 0 Å². The first-order valence-corrected chi connectivity index (χ1v) is 3.41. The van der Waals surface area contributed by atoms with E-state index >= 15 is 0 Å². The third kappa shape index (κ3) is 2.30. The van der Waals surface area contributed by atoms with E-state index in [9.17, 15) is 0 Å². The molecule has 1 heterocycles. The van der Waals surface area contributed by atoms with Gasteiger partial charge in [0.05, 0.1) is 0 Å². The molecule has 1 saturated heterocycles. The lowest BCUT2D eigenvalue weighted by molar-refractivity contribution is 0.0947. The molecule has 3 heteroatoms. The van der Waals surface area contributed by atoms with Crippen LogP contribution in [0.15, 0.2) is 0 Å². The summed E-state index contributed by atoms with van der Waals surface area (Å²) in [6.45, 7) is 2.98. The molecule has 0 bridgehead atoms. The first-order valence-electron chi connectivity index (χ1n) is 3.41. The van der Waals surface area contributed by atoms with Gasteiger partial charge in [0, 0.05) is 20.2 Å². The summed E-state index contributed by atoms with van der Waals surface area (Å²) in [4.78, 5) is 0. The predicted molar refractivity (Wildman–Crippen MR) is 35.8 cm³/mol. The molecule has 0 aromatic rings. The number of ether oxygens (including phenoxy) is 1. The molecule has 0 aliphatic carbocycles. The van der Waals surface area contributed by atoms with Crippen molar-refractivity contribution in [1.29, 1.82) is 0 Å². The maximum atomic E-state index is 4.85. The monoisotopic (exact) mass is 130 g/mol.